The van der Waals surface area contributed by atoms with Gasteiger partial charge in [-0.2, -0.15) is 0 Å². The monoisotopic (exact) mass is 236 g/mol. The Morgan fingerprint density at radius 1 is 0.688 bits per heavy atom. The van der Waals surface area contributed by atoms with Gasteiger partial charge < -0.3 is 15.1 Å². The Bertz CT molecular complexity index is 281. The minimum absolute atomic E-state index is 0.816. The first-order valence-corrected chi connectivity index (χ1v) is 3.72. The van der Waals surface area contributed by atoms with Crippen LogP contribution in [0.1, 0.15) is 0 Å². The number of hydrogen-bond acceptors (Lipinski definition) is 3. The number of hydrogen-bond donors (Lipinski definition) is 3. The first-order valence-electron chi connectivity index (χ1n) is 3.72. The summed E-state index contributed by atoms with van der Waals surface area (Å²) in [7, 11) is -2.17. The molecule has 1 aromatic rings. The molecule has 0 atom stereocenters. The first-order chi connectivity index (χ1) is 7.20. The van der Waals surface area contributed by atoms with Crippen molar-refractivity contribution in [3.63, 3.8) is 0 Å². The minimum atomic E-state index is -2.17. The summed E-state index contributed by atoms with van der Waals surface area (Å²) in [5, 5.41) is 21.5. The van der Waals surface area contributed by atoms with Crippen LogP contribution in [-0.2, 0) is 0 Å². The van der Waals surface area contributed by atoms with E-state index >= 15 is 0 Å². The molecule has 3 N–H and O–H groups in total. The predicted molar refractivity (Wildman–Crippen MR) is 44.0 cm³/mol. The Labute approximate surface area is 95.9 Å². The van der Waals surface area contributed by atoms with Gasteiger partial charge in [-0.3, -0.25) is 0 Å². The predicted octanol–water partition coefficient (Wildman–Crippen LogP) is -0.876. The van der Waals surface area contributed by atoms with Gasteiger partial charge in [0.15, 0.2) is 0 Å². The van der Waals surface area contributed by atoms with Crippen LogP contribution in [0.4, 0.5) is 22.0 Å². The maximum absolute atomic E-state index is 12.4. The van der Waals surface area contributed by atoms with Gasteiger partial charge >= 0.3 is 80.3 Å². The van der Waals surface area contributed by atoms with Gasteiger partial charge in [-0.1, -0.05) is 0 Å². The topological polar surface area (TPSA) is 60.7 Å². The summed E-state index contributed by atoms with van der Waals surface area (Å²) in [6.07, 6.45) is 0. The molecule has 10 heteroatoms. The van der Waals surface area contributed by atoms with Gasteiger partial charge in [0.2, 0.25) is 0 Å². The average Bonchev–Trinajstić information content (AvgIpc) is 2.20. The van der Waals surface area contributed by atoms with Crippen LogP contribution in [0.5, 0.6) is 0 Å². The summed E-state index contributed by atoms with van der Waals surface area (Å²) in [4.78, 5) is 0. The van der Waals surface area contributed by atoms with Crippen molar-refractivity contribution in [2.45, 2.75) is 0 Å². The number of halogens is 5. The van der Waals surface area contributed by atoms with E-state index in [2.05, 4.69) is 0 Å². The van der Waals surface area contributed by atoms with Gasteiger partial charge in [-0.15, -0.1) is 0 Å². The number of rotatable bonds is 0. The Morgan fingerprint density at radius 2 is 0.875 bits per heavy atom. The Hall–Kier alpha value is -0.588. The van der Waals surface area contributed by atoms with Crippen molar-refractivity contribution in [1.82, 2.24) is 0 Å². The summed E-state index contributed by atoms with van der Waals surface area (Å²) in [5.74, 6) is -9.52. The maximum atomic E-state index is 12.4. The van der Waals surface area contributed by atoms with Gasteiger partial charge in [0, 0.05) is 0 Å². The summed E-state index contributed by atoms with van der Waals surface area (Å²) in [5.41, 5.74) is 0. The SMILES string of the molecule is OB(O)O.[Li][c]1c(F)c(F)c(F)c(F)c1F. The van der Waals surface area contributed by atoms with Gasteiger partial charge in [-0.05, 0) is 0 Å². The fraction of sp³-hybridized carbons (Fsp3) is 0. The molecule has 0 unspecified atom stereocenters. The molecular formula is C6H3BF5LiO3. The summed E-state index contributed by atoms with van der Waals surface area (Å²) in [6, 6.07) is 0. The van der Waals surface area contributed by atoms with Crippen molar-refractivity contribution >= 4 is 29.3 Å². The fourth-order valence-electron chi connectivity index (χ4n) is 0.715. The van der Waals surface area contributed by atoms with E-state index in [0.717, 1.165) is 17.7 Å². The van der Waals surface area contributed by atoms with Gasteiger partial charge in [0.1, 0.15) is 0 Å². The Balaban J connectivity index is 0.000000487. The molecular weight excluding hydrogens is 233 g/mol. The van der Waals surface area contributed by atoms with Crippen molar-refractivity contribution in [3.8, 4) is 0 Å². The molecule has 1 aromatic carbocycles. The fourth-order valence-corrected chi connectivity index (χ4v) is 0.715. The molecule has 0 amide bonds. The van der Waals surface area contributed by atoms with Crippen molar-refractivity contribution in [3.05, 3.63) is 29.1 Å². The van der Waals surface area contributed by atoms with E-state index in [9.17, 15) is 22.0 Å². The molecule has 3 nitrogen and oxygen atoms in total. The standard InChI is InChI=1S/C6F5.BH3O3.Li/c7-2-1-3(8)5(10)6(11)4(2)9;2-1(3)4;/h;2-4H;. The van der Waals surface area contributed by atoms with E-state index in [1.54, 1.807) is 0 Å². The molecule has 0 aromatic heterocycles. The molecule has 1 rings (SSSR count). The summed E-state index contributed by atoms with van der Waals surface area (Å²) < 4.78 is 60.7. The van der Waals surface area contributed by atoms with Crippen LogP contribution in [-0.4, -0.2) is 40.1 Å². The van der Waals surface area contributed by atoms with Crippen molar-refractivity contribution in [2.75, 3.05) is 0 Å². The molecule has 0 spiro atoms. The van der Waals surface area contributed by atoms with E-state index in [1.807, 2.05) is 0 Å². The zero-order valence-electron chi connectivity index (χ0n) is 7.81. The molecule has 0 aliphatic heterocycles. The van der Waals surface area contributed by atoms with Crippen LogP contribution in [0.15, 0.2) is 0 Å². The third kappa shape index (κ3) is 3.77. The molecule has 0 saturated carbocycles. The van der Waals surface area contributed by atoms with E-state index < -0.39 is 40.6 Å². The third-order valence-electron chi connectivity index (χ3n) is 1.43. The van der Waals surface area contributed by atoms with Crippen LogP contribution in [0, 0.1) is 29.1 Å². The van der Waals surface area contributed by atoms with E-state index in [1.165, 1.54) is 0 Å². The summed E-state index contributed by atoms with van der Waals surface area (Å²) >= 11 is 0.816. The second kappa shape index (κ2) is 6.22. The van der Waals surface area contributed by atoms with Crippen LogP contribution in [0.2, 0.25) is 0 Å². The van der Waals surface area contributed by atoms with Crippen LogP contribution in [0.3, 0.4) is 0 Å². The quantitative estimate of drug-likeness (QED) is 0.237. The van der Waals surface area contributed by atoms with Crippen molar-refractivity contribution < 1.29 is 37.0 Å². The van der Waals surface area contributed by atoms with E-state index in [0.29, 0.717) is 0 Å². The molecule has 16 heavy (non-hydrogen) atoms. The Morgan fingerprint density at radius 3 is 1.12 bits per heavy atom. The number of benzene rings is 1. The molecule has 0 heterocycles. The zero-order valence-corrected chi connectivity index (χ0v) is 7.81. The normalized spacial score (nSPS) is 9.62. The molecule has 0 aliphatic rings. The van der Waals surface area contributed by atoms with Gasteiger partial charge in [0.25, 0.3) is 0 Å². The molecule has 0 saturated heterocycles. The molecule has 0 fully saturated rings. The molecule has 0 bridgehead atoms. The Kier molecular flexibility index (Phi) is 5.99. The van der Waals surface area contributed by atoms with Crippen LogP contribution >= 0.6 is 0 Å². The summed E-state index contributed by atoms with van der Waals surface area (Å²) in [6.45, 7) is 0. The zero-order chi connectivity index (χ0) is 13.0. The molecule has 0 aliphatic carbocycles. The average molecular weight is 236 g/mol. The van der Waals surface area contributed by atoms with E-state index in [-0.39, 0.29) is 0 Å². The van der Waals surface area contributed by atoms with Crippen molar-refractivity contribution in [2.24, 2.45) is 0 Å². The van der Waals surface area contributed by atoms with E-state index in [4.69, 9.17) is 15.1 Å². The van der Waals surface area contributed by atoms with Crippen LogP contribution in [0.25, 0.3) is 0 Å². The van der Waals surface area contributed by atoms with Gasteiger partial charge in [-0.25, -0.2) is 0 Å². The second-order valence-electron chi connectivity index (χ2n) is 2.54. The first kappa shape index (κ1) is 15.4. The van der Waals surface area contributed by atoms with Crippen molar-refractivity contribution in [1.29, 1.82) is 0 Å². The second-order valence-corrected chi connectivity index (χ2v) is 2.54. The molecule has 84 valence electrons. The van der Waals surface area contributed by atoms with Gasteiger partial charge in [0.05, 0.1) is 0 Å². The third-order valence-corrected chi connectivity index (χ3v) is 1.43. The molecule has 0 radical (unpaired) electrons. The van der Waals surface area contributed by atoms with Crippen LogP contribution < -0.4 is 4.24 Å².